The number of carbonyl (C=O) groups excluding carboxylic acids is 1. The monoisotopic (exact) mass is 617 g/mol. The smallest absolute Gasteiger partial charge is 0.306 e. The molecule has 1 unspecified atom stereocenters. The van der Waals surface area contributed by atoms with Crippen molar-refractivity contribution in [2.75, 3.05) is 0 Å². The number of unbranched alkanes of at least 4 members (excludes halogenated alkanes) is 19. The lowest BCUT2D eigenvalue weighted by molar-refractivity contribution is -0.150. The molecule has 44 heavy (non-hydrogen) atoms. The minimum Gasteiger partial charge on any atom is -0.481 e. The quantitative estimate of drug-likeness (QED) is 0.0444. The van der Waals surface area contributed by atoms with Crippen LogP contribution in [0.15, 0.2) is 36.5 Å². The first-order valence-corrected chi connectivity index (χ1v) is 19.0. The van der Waals surface area contributed by atoms with E-state index in [4.69, 9.17) is 9.84 Å². The molecule has 0 fully saturated rings. The molecule has 4 nitrogen and oxygen atoms in total. The highest BCUT2D eigenvalue weighted by molar-refractivity contribution is 5.69. The fourth-order valence-electron chi connectivity index (χ4n) is 5.61. The van der Waals surface area contributed by atoms with Gasteiger partial charge in [0.25, 0.3) is 0 Å². The second kappa shape index (κ2) is 35.6. The van der Waals surface area contributed by atoms with Gasteiger partial charge in [0.15, 0.2) is 0 Å². The minimum atomic E-state index is -0.725. The van der Waals surface area contributed by atoms with Gasteiger partial charge in [-0.3, -0.25) is 9.59 Å². The molecule has 0 heterocycles. The molecule has 0 aliphatic carbocycles. The largest absolute Gasteiger partial charge is 0.481 e. The lowest BCUT2D eigenvalue weighted by Gasteiger charge is -2.18. The molecular weight excluding hydrogens is 544 g/mol. The van der Waals surface area contributed by atoms with Crippen molar-refractivity contribution in [1.82, 2.24) is 0 Å². The van der Waals surface area contributed by atoms with Gasteiger partial charge >= 0.3 is 11.9 Å². The molecule has 0 radical (unpaired) electrons. The number of ether oxygens (including phenoxy) is 1. The first-order chi connectivity index (χ1) is 21.6. The predicted octanol–water partition coefficient (Wildman–Crippen LogP) is 13.0. The number of carbonyl (C=O) groups is 2. The molecule has 1 N–H and O–H groups in total. The van der Waals surface area contributed by atoms with Crippen molar-refractivity contribution >= 4 is 11.9 Å². The van der Waals surface area contributed by atoms with Crippen molar-refractivity contribution < 1.29 is 19.4 Å². The van der Waals surface area contributed by atoms with Crippen LogP contribution in [0.3, 0.4) is 0 Å². The van der Waals surface area contributed by atoms with Crippen LogP contribution in [-0.4, -0.2) is 23.1 Å². The van der Waals surface area contributed by atoms with Crippen LogP contribution in [0.2, 0.25) is 0 Å². The normalized spacial score (nSPS) is 12.6. The lowest BCUT2D eigenvalue weighted by atomic mass is 10.0. The van der Waals surface area contributed by atoms with Gasteiger partial charge in [-0.2, -0.15) is 0 Å². The molecule has 0 rings (SSSR count). The maximum atomic E-state index is 12.6. The summed E-state index contributed by atoms with van der Waals surface area (Å²) in [7, 11) is 0. The molecule has 0 saturated heterocycles. The van der Waals surface area contributed by atoms with Crippen LogP contribution in [0.1, 0.15) is 200 Å². The second-order valence-electron chi connectivity index (χ2n) is 12.7. The highest BCUT2D eigenvalue weighted by Crippen LogP contribution is 2.18. The van der Waals surface area contributed by atoms with E-state index in [9.17, 15) is 9.59 Å². The number of carboxylic acid groups (broad SMARTS) is 1. The van der Waals surface area contributed by atoms with Crippen molar-refractivity contribution in [3.63, 3.8) is 0 Å². The average Bonchev–Trinajstić information content (AvgIpc) is 3.00. The predicted molar refractivity (Wildman–Crippen MR) is 190 cm³/mol. The van der Waals surface area contributed by atoms with E-state index in [1.54, 1.807) is 0 Å². The summed E-state index contributed by atoms with van der Waals surface area (Å²) in [5.41, 5.74) is 0. The highest BCUT2D eigenvalue weighted by Gasteiger charge is 2.14. The van der Waals surface area contributed by atoms with Crippen molar-refractivity contribution in [1.29, 1.82) is 0 Å². The van der Waals surface area contributed by atoms with Gasteiger partial charge in [0.1, 0.15) is 6.10 Å². The van der Waals surface area contributed by atoms with Crippen LogP contribution >= 0.6 is 0 Å². The fourth-order valence-corrected chi connectivity index (χ4v) is 5.61. The molecule has 0 aromatic carbocycles. The SMILES string of the molecule is CC/C=C\C/C=C\C/C=C\CCCCCCCCCCCC(=O)OC(CCCCCCCCCCC)CCCCCC(=O)O. The number of carboxylic acids is 1. The number of rotatable bonds is 34. The lowest BCUT2D eigenvalue weighted by Crippen LogP contribution is -2.18. The number of aliphatic carboxylic acids is 1. The first kappa shape index (κ1) is 42.2. The maximum absolute atomic E-state index is 12.6. The Labute approximate surface area is 273 Å². The van der Waals surface area contributed by atoms with E-state index in [2.05, 4.69) is 50.3 Å². The summed E-state index contributed by atoms with van der Waals surface area (Å²) in [6, 6.07) is 0. The molecule has 0 spiro atoms. The fraction of sp³-hybridized carbons (Fsp3) is 0.800. The van der Waals surface area contributed by atoms with Crippen LogP contribution < -0.4 is 0 Å². The third-order valence-electron chi connectivity index (χ3n) is 8.38. The Morgan fingerprint density at radius 2 is 0.955 bits per heavy atom. The van der Waals surface area contributed by atoms with E-state index in [1.807, 2.05) is 0 Å². The van der Waals surface area contributed by atoms with Crippen LogP contribution in [0.25, 0.3) is 0 Å². The van der Waals surface area contributed by atoms with Gasteiger partial charge in [-0.1, -0.05) is 153 Å². The summed E-state index contributed by atoms with van der Waals surface area (Å²) in [5.74, 6) is -0.762. The highest BCUT2D eigenvalue weighted by atomic mass is 16.5. The molecule has 0 aliphatic heterocycles. The topological polar surface area (TPSA) is 63.6 Å². The minimum absolute atomic E-state index is 0.00203. The third-order valence-corrected chi connectivity index (χ3v) is 8.38. The third kappa shape index (κ3) is 34.6. The molecule has 0 aromatic rings. The zero-order valence-corrected chi connectivity index (χ0v) is 29.2. The zero-order valence-electron chi connectivity index (χ0n) is 29.2. The van der Waals surface area contributed by atoms with E-state index in [0.717, 1.165) is 64.2 Å². The molecule has 0 bridgehead atoms. The molecule has 0 amide bonds. The number of hydrogen-bond acceptors (Lipinski definition) is 3. The Hall–Kier alpha value is -1.84. The van der Waals surface area contributed by atoms with Crippen molar-refractivity contribution in [2.45, 2.75) is 206 Å². The standard InChI is InChI=1S/C40H72O4/c1-3-5-7-9-11-13-14-15-16-17-18-19-20-21-22-24-26-28-33-37-40(43)44-38(35-31-29-32-36-39(41)42)34-30-27-25-23-12-10-8-6-4-2/h5,7,11,13,15-16,38H,3-4,6,8-10,12,14,17-37H2,1-2H3,(H,41,42)/b7-5-,13-11-,16-15-. The summed E-state index contributed by atoms with van der Waals surface area (Å²) < 4.78 is 5.92. The van der Waals surface area contributed by atoms with E-state index in [1.165, 1.54) is 103 Å². The Morgan fingerprint density at radius 1 is 0.523 bits per heavy atom. The van der Waals surface area contributed by atoms with Crippen LogP contribution in [0.5, 0.6) is 0 Å². The molecule has 0 saturated carbocycles. The van der Waals surface area contributed by atoms with Gasteiger partial charge in [0.05, 0.1) is 0 Å². The molecule has 0 aliphatic rings. The van der Waals surface area contributed by atoms with Gasteiger partial charge < -0.3 is 9.84 Å². The van der Waals surface area contributed by atoms with E-state index in [0.29, 0.717) is 12.8 Å². The van der Waals surface area contributed by atoms with Crippen molar-refractivity contribution in [3.05, 3.63) is 36.5 Å². The Bertz CT molecular complexity index is 708. The molecular formula is C40H72O4. The molecule has 1 atom stereocenters. The van der Waals surface area contributed by atoms with Crippen LogP contribution in [0.4, 0.5) is 0 Å². The summed E-state index contributed by atoms with van der Waals surface area (Å²) in [4.78, 5) is 23.3. The molecule has 4 heteroatoms. The summed E-state index contributed by atoms with van der Waals surface area (Å²) in [6.45, 7) is 4.43. The van der Waals surface area contributed by atoms with Crippen LogP contribution in [0, 0.1) is 0 Å². The average molecular weight is 617 g/mol. The van der Waals surface area contributed by atoms with E-state index >= 15 is 0 Å². The molecule has 256 valence electrons. The Balaban J connectivity index is 3.87. The van der Waals surface area contributed by atoms with Gasteiger partial charge in [-0.15, -0.1) is 0 Å². The van der Waals surface area contributed by atoms with Gasteiger partial charge in [-0.25, -0.2) is 0 Å². The van der Waals surface area contributed by atoms with E-state index < -0.39 is 5.97 Å². The van der Waals surface area contributed by atoms with Gasteiger partial charge in [-0.05, 0) is 70.6 Å². The van der Waals surface area contributed by atoms with Crippen LogP contribution in [-0.2, 0) is 14.3 Å². The molecule has 0 aromatic heterocycles. The Kier molecular flexibility index (Phi) is 34.1. The maximum Gasteiger partial charge on any atom is 0.306 e. The zero-order chi connectivity index (χ0) is 32.2. The Morgan fingerprint density at radius 3 is 1.50 bits per heavy atom. The number of esters is 1. The summed E-state index contributed by atoms with van der Waals surface area (Å²) in [6.07, 6.45) is 45.9. The first-order valence-electron chi connectivity index (χ1n) is 19.0. The van der Waals surface area contributed by atoms with E-state index in [-0.39, 0.29) is 18.5 Å². The van der Waals surface area contributed by atoms with Crippen molar-refractivity contribution in [3.8, 4) is 0 Å². The second-order valence-corrected chi connectivity index (χ2v) is 12.7. The van der Waals surface area contributed by atoms with Crippen molar-refractivity contribution in [2.24, 2.45) is 0 Å². The summed E-state index contributed by atoms with van der Waals surface area (Å²) in [5, 5.41) is 8.87. The number of allylic oxidation sites excluding steroid dienone is 6. The van der Waals surface area contributed by atoms with Gasteiger partial charge in [0.2, 0.25) is 0 Å². The summed E-state index contributed by atoms with van der Waals surface area (Å²) >= 11 is 0. The number of hydrogen-bond donors (Lipinski definition) is 1. The van der Waals surface area contributed by atoms with Gasteiger partial charge in [0, 0.05) is 12.8 Å².